The van der Waals surface area contributed by atoms with Gasteiger partial charge in [-0.05, 0) is 26.7 Å². The quantitative estimate of drug-likeness (QED) is 0.243. The number of rotatable bonds is 10. The van der Waals surface area contributed by atoms with Gasteiger partial charge in [0.15, 0.2) is 0 Å². The molecule has 0 heterocycles. The average Bonchev–Trinajstić information content (AvgIpc) is 2.42. The van der Waals surface area contributed by atoms with E-state index in [9.17, 15) is 0 Å². The highest BCUT2D eigenvalue weighted by atomic mass is 32.2. The van der Waals surface area contributed by atoms with E-state index in [0.29, 0.717) is 19.7 Å². The van der Waals surface area contributed by atoms with Crippen molar-refractivity contribution >= 4 is 72.3 Å². The van der Waals surface area contributed by atoms with Gasteiger partial charge in [-0.15, -0.1) is 23.5 Å². The second-order valence-corrected chi connectivity index (χ2v) is 14.2. The third kappa shape index (κ3) is 10.7. The molecule has 0 amide bonds. The molecule has 0 aromatic rings. The molecule has 1 aliphatic rings. The van der Waals surface area contributed by atoms with Crippen molar-refractivity contribution in [2.24, 2.45) is 0 Å². The van der Waals surface area contributed by atoms with E-state index >= 15 is 0 Å². The molecule has 0 aromatic carbocycles. The lowest BCUT2D eigenvalue weighted by molar-refractivity contribution is 0.758. The molecule has 0 aromatic heterocycles. The predicted octanol–water partition coefficient (Wildman–Crippen LogP) is 6.34. The third-order valence-corrected chi connectivity index (χ3v) is 9.69. The van der Waals surface area contributed by atoms with E-state index in [4.69, 9.17) is 0 Å². The topological polar surface area (TPSA) is 0 Å². The van der Waals surface area contributed by atoms with Gasteiger partial charge in [0.05, 0.1) is 0 Å². The molecule has 0 radical (unpaired) electrons. The highest BCUT2D eigenvalue weighted by Crippen LogP contribution is 2.38. The fraction of sp³-hybridized carbons (Fsp3) is 0.875. The lowest BCUT2D eigenvalue weighted by Crippen LogP contribution is -2.18. The molecule has 130 valence electrons. The average molecular weight is 415 g/mol. The van der Waals surface area contributed by atoms with E-state index in [0.717, 1.165) is 16.3 Å². The van der Waals surface area contributed by atoms with Crippen LogP contribution in [0.4, 0.5) is 0 Å². The number of hydrogen-bond donors (Lipinski definition) is 2. The van der Waals surface area contributed by atoms with Crippen LogP contribution in [0.25, 0.3) is 0 Å². The summed E-state index contributed by atoms with van der Waals surface area (Å²) in [6, 6.07) is 0. The molecule has 1 aliphatic carbocycles. The standard InChI is InChI=1S/C16H30S6/c1-11(17)9-19-12(2)10-20-15-6-5-7-16(8-15)22-14(4)21-13(3)18/h5-6,11-18H,7-10H2,1-4H3/t11?,12?,13?,14?,15?,16-/m0/s1. The molecule has 0 N–H and O–H groups in total. The van der Waals surface area contributed by atoms with Crippen LogP contribution in [0.3, 0.4) is 0 Å². The number of thiol groups is 2. The smallest absolute Gasteiger partial charge is 0.0488 e. The minimum absolute atomic E-state index is 0.430. The van der Waals surface area contributed by atoms with E-state index in [1.807, 2.05) is 11.8 Å². The van der Waals surface area contributed by atoms with Crippen molar-refractivity contribution in [3.05, 3.63) is 12.2 Å². The number of allylic oxidation sites excluding steroid dienone is 1. The van der Waals surface area contributed by atoms with Crippen molar-refractivity contribution in [2.75, 3.05) is 11.5 Å². The van der Waals surface area contributed by atoms with Gasteiger partial charge in [-0.2, -0.15) is 48.8 Å². The monoisotopic (exact) mass is 414 g/mol. The Morgan fingerprint density at radius 1 is 1.14 bits per heavy atom. The Labute approximate surface area is 165 Å². The highest BCUT2D eigenvalue weighted by Gasteiger charge is 2.22. The molecule has 0 aliphatic heterocycles. The summed E-state index contributed by atoms with van der Waals surface area (Å²) in [5, 5.41) is 2.70. The molecule has 1 rings (SSSR count). The van der Waals surface area contributed by atoms with E-state index in [1.165, 1.54) is 18.6 Å². The fourth-order valence-electron chi connectivity index (χ4n) is 2.24. The molecule has 6 atom stereocenters. The Morgan fingerprint density at radius 2 is 1.86 bits per heavy atom. The van der Waals surface area contributed by atoms with E-state index in [1.54, 1.807) is 0 Å². The van der Waals surface area contributed by atoms with Crippen molar-refractivity contribution < 1.29 is 0 Å². The maximum absolute atomic E-state index is 4.49. The molecule has 0 fully saturated rings. The Morgan fingerprint density at radius 3 is 2.50 bits per heavy atom. The number of hydrogen-bond acceptors (Lipinski definition) is 6. The first-order chi connectivity index (χ1) is 10.4. The second-order valence-electron chi connectivity index (χ2n) is 5.83. The van der Waals surface area contributed by atoms with E-state index < -0.39 is 0 Å². The van der Waals surface area contributed by atoms with Gasteiger partial charge in [-0.1, -0.05) is 26.0 Å². The van der Waals surface area contributed by atoms with Crippen molar-refractivity contribution in [3.8, 4) is 0 Å². The molecule has 0 saturated heterocycles. The lowest BCUT2D eigenvalue weighted by atomic mass is 10.1. The summed E-state index contributed by atoms with van der Waals surface area (Å²) in [6.45, 7) is 9.00. The van der Waals surface area contributed by atoms with Crippen LogP contribution in [-0.2, 0) is 0 Å². The predicted molar refractivity (Wildman–Crippen MR) is 122 cm³/mol. The van der Waals surface area contributed by atoms with Crippen LogP contribution in [0, 0.1) is 0 Å². The zero-order valence-electron chi connectivity index (χ0n) is 14.0. The van der Waals surface area contributed by atoms with Crippen molar-refractivity contribution in [3.63, 3.8) is 0 Å². The van der Waals surface area contributed by atoms with Gasteiger partial charge in [0.2, 0.25) is 0 Å². The van der Waals surface area contributed by atoms with E-state index in [2.05, 4.69) is 100 Å². The Bertz CT molecular complexity index is 318. The van der Waals surface area contributed by atoms with Gasteiger partial charge < -0.3 is 0 Å². The zero-order chi connectivity index (χ0) is 16.5. The molecule has 0 nitrogen and oxygen atoms in total. The molecule has 22 heavy (non-hydrogen) atoms. The molecule has 6 heteroatoms. The Kier molecular flexibility index (Phi) is 12.2. The van der Waals surface area contributed by atoms with Crippen molar-refractivity contribution in [1.82, 2.24) is 0 Å². The fourth-order valence-corrected chi connectivity index (χ4v) is 8.62. The van der Waals surface area contributed by atoms with Crippen LogP contribution >= 0.6 is 72.3 Å². The Hall–Kier alpha value is 1.84. The SMILES string of the molecule is CC(S)CSC(C)CSC1C=CC[C@H](SC(C)SC(C)S)C1. The molecular formula is C16H30S6. The minimum Gasteiger partial charge on any atom is -0.175 e. The molecular weight excluding hydrogens is 385 g/mol. The molecule has 5 unspecified atom stereocenters. The van der Waals surface area contributed by atoms with Gasteiger partial charge in [-0.25, -0.2) is 0 Å². The van der Waals surface area contributed by atoms with E-state index in [-0.39, 0.29) is 0 Å². The number of thioether (sulfide) groups is 4. The summed E-state index contributed by atoms with van der Waals surface area (Å²) in [5.41, 5.74) is 0. The first-order valence-electron chi connectivity index (χ1n) is 7.93. The summed E-state index contributed by atoms with van der Waals surface area (Å²) < 4.78 is 1.07. The first kappa shape index (κ1) is 21.9. The van der Waals surface area contributed by atoms with Gasteiger partial charge in [0.25, 0.3) is 0 Å². The summed E-state index contributed by atoms with van der Waals surface area (Å²) in [7, 11) is 0. The van der Waals surface area contributed by atoms with Crippen LogP contribution < -0.4 is 0 Å². The van der Waals surface area contributed by atoms with Crippen LogP contribution in [0.5, 0.6) is 0 Å². The highest BCUT2D eigenvalue weighted by molar-refractivity contribution is 8.21. The third-order valence-electron chi connectivity index (χ3n) is 3.18. The molecule has 0 saturated carbocycles. The molecule has 0 bridgehead atoms. The molecule has 0 spiro atoms. The zero-order valence-corrected chi connectivity index (χ0v) is 19.0. The summed E-state index contributed by atoms with van der Waals surface area (Å²) >= 11 is 17.2. The van der Waals surface area contributed by atoms with Crippen LogP contribution in [0.2, 0.25) is 0 Å². The lowest BCUT2D eigenvalue weighted by Gasteiger charge is -2.27. The maximum Gasteiger partial charge on any atom is 0.0488 e. The second kappa shape index (κ2) is 12.2. The summed E-state index contributed by atoms with van der Waals surface area (Å²) in [6.07, 6.45) is 7.38. The van der Waals surface area contributed by atoms with Gasteiger partial charge in [0, 0.05) is 41.7 Å². The normalized spacial score (nSPS) is 27.4. The summed E-state index contributed by atoms with van der Waals surface area (Å²) in [5.74, 6) is 2.40. The minimum atomic E-state index is 0.430. The van der Waals surface area contributed by atoms with Gasteiger partial charge in [-0.3, -0.25) is 0 Å². The van der Waals surface area contributed by atoms with Gasteiger partial charge in [0.1, 0.15) is 0 Å². The first-order valence-corrected chi connectivity index (χ1v) is 12.9. The summed E-state index contributed by atoms with van der Waals surface area (Å²) in [4.78, 5) is 0. The van der Waals surface area contributed by atoms with Crippen LogP contribution in [0.1, 0.15) is 40.5 Å². The largest absolute Gasteiger partial charge is 0.175 e. The van der Waals surface area contributed by atoms with Crippen molar-refractivity contribution in [2.45, 2.75) is 70.7 Å². The van der Waals surface area contributed by atoms with Crippen LogP contribution in [-0.4, -0.2) is 41.7 Å². The van der Waals surface area contributed by atoms with Crippen molar-refractivity contribution in [1.29, 1.82) is 0 Å². The maximum atomic E-state index is 4.49. The Balaban J connectivity index is 2.25. The van der Waals surface area contributed by atoms with Gasteiger partial charge >= 0.3 is 0 Å². The van der Waals surface area contributed by atoms with Crippen LogP contribution in [0.15, 0.2) is 12.2 Å².